The smallest absolute Gasteiger partial charge is 0.418 e. The van der Waals surface area contributed by atoms with Crippen LogP contribution in [0.2, 0.25) is 0 Å². The van der Waals surface area contributed by atoms with Crippen LogP contribution >= 0.6 is 0 Å². The van der Waals surface area contributed by atoms with Crippen molar-refractivity contribution in [3.05, 3.63) is 57.4 Å². The van der Waals surface area contributed by atoms with Gasteiger partial charge < -0.3 is 14.7 Å². The molecule has 0 aliphatic carbocycles. The van der Waals surface area contributed by atoms with E-state index in [4.69, 9.17) is 4.74 Å². The fourth-order valence-electron chi connectivity index (χ4n) is 2.91. The number of hydrogen-bond donors (Lipinski definition) is 2. The first-order valence-corrected chi connectivity index (χ1v) is 7.83. The van der Waals surface area contributed by atoms with Crippen molar-refractivity contribution >= 4 is 16.9 Å². The first-order chi connectivity index (χ1) is 12.3. The minimum absolute atomic E-state index is 0.0260. The molecule has 2 N–H and O–H groups in total. The van der Waals surface area contributed by atoms with E-state index in [1.54, 1.807) is 19.1 Å². The van der Waals surface area contributed by atoms with E-state index in [9.17, 15) is 22.8 Å². The second-order valence-corrected chi connectivity index (χ2v) is 5.69. The Kier molecular flexibility index (Phi) is 4.35. The summed E-state index contributed by atoms with van der Waals surface area (Å²) in [5.41, 5.74) is -2.20. The molecular formula is C18H15F3N2O3. The minimum Gasteiger partial charge on any atom is -0.462 e. The van der Waals surface area contributed by atoms with Gasteiger partial charge in [-0.15, -0.1) is 0 Å². The van der Waals surface area contributed by atoms with E-state index in [2.05, 4.69) is 9.97 Å². The number of aryl methyl sites for hydroxylation is 1. The van der Waals surface area contributed by atoms with Gasteiger partial charge in [-0.2, -0.15) is 13.2 Å². The van der Waals surface area contributed by atoms with E-state index in [-0.39, 0.29) is 34.3 Å². The molecule has 3 rings (SSSR count). The average molecular weight is 364 g/mol. The standard InChI is InChI=1S/C18H15F3N2O3/c1-3-26-17(25)12-15(11-5-4-8-22-11)23-14-10(16(12)24)7-6-9(2)13(14)18(19,20)21/h4-8,22H,3H2,1-2H3,(H,23,24). The van der Waals surface area contributed by atoms with Crippen LogP contribution in [0.4, 0.5) is 13.2 Å². The van der Waals surface area contributed by atoms with Gasteiger partial charge in [0.1, 0.15) is 5.56 Å². The summed E-state index contributed by atoms with van der Waals surface area (Å²) in [6.07, 6.45) is -3.13. The minimum atomic E-state index is -4.66. The van der Waals surface area contributed by atoms with Crippen LogP contribution in [0.1, 0.15) is 28.4 Å². The summed E-state index contributed by atoms with van der Waals surface area (Å²) in [6, 6.07) is 5.64. The number of hydrogen-bond acceptors (Lipinski definition) is 3. The molecule has 0 saturated carbocycles. The molecule has 0 aliphatic heterocycles. The first-order valence-electron chi connectivity index (χ1n) is 7.83. The SMILES string of the molecule is CCOC(=O)c1c(-c2ccc[nH]2)[nH]c2c(C(F)(F)F)c(C)ccc2c1=O. The van der Waals surface area contributed by atoms with Gasteiger partial charge in [-0.1, -0.05) is 6.07 Å². The lowest BCUT2D eigenvalue weighted by atomic mass is 10.00. The molecule has 0 saturated heterocycles. The predicted octanol–water partition coefficient (Wildman–Crippen LogP) is 4.03. The molecule has 3 aromatic rings. The summed E-state index contributed by atoms with van der Waals surface area (Å²) in [6.45, 7) is 2.92. The zero-order valence-corrected chi connectivity index (χ0v) is 14.0. The van der Waals surface area contributed by atoms with Crippen molar-refractivity contribution in [2.75, 3.05) is 6.61 Å². The molecule has 2 aromatic heterocycles. The number of H-pyrrole nitrogens is 2. The molecule has 0 spiro atoms. The van der Waals surface area contributed by atoms with E-state index >= 15 is 0 Å². The third kappa shape index (κ3) is 2.87. The Morgan fingerprint density at radius 3 is 2.54 bits per heavy atom. The van der Waals surface area contributed by atoms with Gasteiger partial charge in [0, 0.05) is 11.6 Å². The van der Waals surface area contributed by atoms with Gasteiger partial charge in [-0.25, -0.2) is 4.79 Å². The number of alkyl halides is 3. The molecule has 2 heterocycles. The summed E-state index contributed by atoms with van der Waals surface area (Å²) in [5.74, 6) is -0.894. The first kappa shape index (κ1) is 17.8. The summed E-state index contributed by atoms with van der Waals surface area (Å²) in [4.78, 5) is 30.6. The van der Waals surface area contributed by atoms with E-state index in [0.717, 1.165) is 0 Å². The van der Waals surface area contributed by atoms with Gasteiger partial charge in [-0.3, -0.25) is 4.79 Å². The van der Waals surface area contributed by atoms with Gasteiger partial charge >= 0.3 is 12.1 Å². The normalized spacial score (nSPS) is 11.7. The van der Waals surface area contributed by atoms with Crippen LogP contribution in [0, 0.1) is 6.92 Å². The fourth-order valence-corrected chi connectivity index (χ4v) is 2.91. The maximum absolute atomic E-state index is 13.5. The lowest BCUT2D eigenvalue weighted by Crippen LogP contribution is -2.22. The second kappa shape index (κ2) is 6.36. The van der Waals surface area contributed by atoms with Gasteiger partial charge in [-0.05, 0) is 37.6 Å². The van der Waals surface area contributed by atoms with E-state index in [1.165, 1.54) is 25.3 Å². The number of aromatic nitrogens is 2. The molecule has 0 unspecified atom stereocenters. The molecule has 0 aliphatic rings. The largest absolute Gasteiger partial charge is 0.462 e. The number of ether oxygens (including phenoxy) is 1. The molecule has 0 atom stereocenters. The molecule has 0 radical (unpaired) electrons. The van der Waals surface area contributed by atoms with Crippen LogP contribution in [0.3, 0.4) is 0 Å². The van der Waals surface area contributed by atoms with Crippen LogP contribution in [-0.4, -0.2) is 22.5 Å². The Labute approximate surface area is 145 Å². The molecule has 0 bridgehead atoms. The van der Waals surface area contributed by atoms with Crippen molar-refractivity contribution in [2.45, 2.75) is 20.0 Å². The Morgan fingerprint density at radius 1 is 1.23 bits per heavy atom. The Bertz CT molecular complexity index is 1030. The Morgan fingerprint density at radius 2 is 1.96 bits per heavy atom. The highest BCUT2D eigenvalue weighted by Crippen LogP contribution is 2.36. The zero-order valence-electron chi connectivity index (χ0n) is 14.0. The number of esters is 1. The highest BCUT2D eigenvalue weighted by molar-refractivity contribution is 6.00. The highest BCUT2D eigenvalue weighted by atomic mass is 19.4. The predicted molar refractivity (Wildman–Crippen MR) is 90.1 cm³/mol. The van der Waals surface area contributed by atoms with Crippen LogP contribution in [0.5, 0.6) is 0 Å². The number of rotatable bonds is 3. The van der Waals surface area contributed by atoms with E-state index in [1.807, 2.05) is 0 Å². The summed E-state index contributed by atoms with van der Waals surface area (Å²) in [5, 5.41) is -0.221. The number of benzene rings is 1. The molecule has 136 valence electrons. The number of nitrogens with one attached hydrogen (secondary N) is 2. The van der Waals surface area contributed by atoms with Crippen molar-refractivity contribution in [1.82, 2.24) is 9.97 Å². The molecule has 0 amide bonds. The number of carbonyl (C=O) groups is 1. The lowest BCUT2D eigenvalue weighted by Gasteiger charge is -2.16. The quantitative estimate of drug-likeness (QED) is 0.689. The second-order valence-electron chi connectivity index (χ2n) is 5.69. The molecule has 8 heteroatoms. The number of halogens is 3. The average Bonchev–Trinajstić information content (AvgIpc) is 3.07. The van der Waals surface area contributed by atoms with Crippen LogP contribution in [0.25, 0.3) is 22.3 Å². The van der Waals surface area contributed by atoms with Crippen LogP contribution in [-0.2, 0) is 10.9 Å². The van der Waals surface area contributed by atoms with Gasteiger partial charge in [0.25, 0.3) is 0 Å². The van der Waals surface area contributed by atoms with Gasteiger partial charge in [0.2, 0.25) is 5.43 Å². The molecule has 0 fully saturated rings. The van der Waals surface area contributed by atoms with Crippen molar-refractivity contribution in [2.24, 2.45) is 0 Å². The molecule has 26 heavy (non-hydrogen) atoms. The number of pyridine rings is 1. The maximum Gasteiger partial charge on any atom is 0.418 e. The summed E-state index contributed by atoms with van der Waals surface area (Å²) in [7, 11) is 0. The van der Waals surface area contributed by atoms with Crippen LogP contribution < -0.4 is 5.43 Å². The number of fused-ring (bicyclic) bond motifs is 1. The summed E-state index contributed by atoms with van der Waals surface area (Å²) >= 11 is 0. The third-order valence-corrected chi connectivity index (χ3v) is 4.02. The lowest BCUT2D eigenvalue weighted by molar-refractivity contribution is -0.136. The van der Waals surface area contributed by atoms with Gasteiger partial charge in [0.05, 0.1) is 29.1 Å². The topological polar surface area (TPSA) is 75.0 Å². The van der Waals surface area contributed by atoms with Crippen molar-refractivity contribution in [3.8, 4) is 11.4 Å². The molecule has 5 nitrogen and oxygen atoms in total. The summed E-state index contributed by atoms with van der Waals surface area (Å²) < 4.78 is 45.6. The zero-order chi connectivity index (χ0) is 19.1. The highest BCUT2D eigenvalue weighted by Gasteiger charge is 2.36. The van der Waals surface area contributed by atoms with E-state index in [0.29, 0.717) is 5.69 Å². The van der Waals surface area contributed by atoms with Crippen molar-refractivity contribution in [1.29, 1.82) is 0 Å². The van der Waals surface area contributed by atoms with Crippen molar-refractivity contribution < 1.29 is 22.7 Å². The molecular weight excluding hydrogens is 349 g/mol. The maximum atomic E-state index is 13.5. The molecule has 1 aromatic carbocycles. The van der Waals surface area contributed by atoms with E-state index < -0.39 is 23.1 Å². The third-order valence-electron chi connectivity index (χ3n) is 4.02. The number of aromatic amines is 2. The van der Waals surface area contributed by atoms with Crippen LogP contribution in [0.15, 0.2) is 35.3 Å². The monoisotopic (exact) mass is 364 g/mol. The Hall–Kier alpha value is -3.03. The Balaban J connectivity index is 2.47. The fraction of sp³-hybridized carbons (Fsp3) is 0.222. The number of carbonyl (C=O) groups excluding carboxylic acids is 1. The van der Waals surface area contributed by atoms with Crippen molar-refractivity contribution in [3.63, 3.8) is 0 Å². The van der Waals surface area contributed by atoms with Gasteiger partial charge in [0.15, 0.2) is 0 Å².